The van der Waals surface area contributed by atoms with Gasteiger partial charge in [-0.05, 0) is 23.8 Å². The van der Waals surface area contributed by atoms with Gasteiger partial charge in [0.15, 0.2) is 0 Å². The Morgan fingerprint density at radius 3 is 2.24 bits per heavy atom. The Morgan fingerprint density at radius 1 is 0.966 bits per heavy atom. The molecule has 150 valence electrons. The zero-order valence-corrected chi connectivity index (χ0v) is 16.6. The Hall–Kier alpha value is -3.12. The van der Waals surface area contributed by atoms with Gasteiger partial charge in [-0.2, -0.15) is 5.10 Å². The van der Waals surface area contributed by atoms with Gasteiger partial charge in [-0.3, -0.25) is 14.4 Å². The first-order chi connectivity index (χ1) is 14.2. The number of para-hydroxylation sites is 1. The lowest BCUT2D eigenvalue weighted by molar-refractivity contribution is 0.0491. The number of piperazine rings is 1. The Labute approximate surface area is 171 Å². The SMILES string of the molecule is Cn1nccc1C(=O)N1CCN(C(COc2ccccc2)c2ccccc2)CC1. The van der Waals surface area contributed by atoms with E-state index >= 15 is 0 Å². The second-order valence-electron chi connectivity index (χ2n) is 7.22. The van der Waals surface area contributed by atoms with Crippen LogP contribution in [0.4, 0.5) is 0 Å². The highest BCUT2D eigenvalue weighted by Crippen LogP contribution is 2.24. The van der Waals surface area contributed by atoms with E-state index in [0.717, 1.165) is 18.8 Å². The van der Waals surface area contributed by atoms with Crippen LogP contribution in [0.2, 0.25) is 0 Å². The van der Waals surface area contributed by atoms with E-state index in [2.05, 4.69) is 34.3 Å². The summed E-state index contributed by atoms with van der Waals surface area (Å²) in [5.74, 6) is 0.917. The molecule has 6 nitrogen and oxygen atoms in total. The number of aromatic nitrogens is 2. The number of carbonyl (C=O) groups is 1. The van der Waals surface area contributed by atoms with E-state index in [1.165, 1.54) is 5.56 Å². The van der Waals surface area contributed by atoms with Crippen LogP contribution in [0.1, 0.15) is 22.1 Å². The van der Waals surface area contributed by atoms with Crippen molar-refractivity contribution in [3.8, 4) is 5.75 Å². The number of benzene rings is 2. The fourth-order valence-electron chi connectivity index (χ4n) is 3.76. The quantitative estimate of drug-likeness (QED) is 0.649. The maximum atomic E-state index is 12.8. The van der Waals surface area contributed by atoms with Crippen molar-refractivity contribution in [2.75, 3.05) is 32.8 Å². The van der Waals surface area contributed by atoms with E-state index in [4.69, 9.17) is 4.74 Å². The van der Waals surface area contributed by atoms with Crippen molar-refractivity contribution in [1.29, 1.82) is 0 Å². The molecule has 2 heterocycles. The molecule has 1 saturated heterocycles. The molecule has 1 unspecified atom stereocenters. The molecule has 1 atom stereocenters. The number of rotatable bonds is 6. The topological polar surface area (TPSA) is 50.6 Å². The lowest BCUT2D eigenvalue weighted by Gasteiger charge is -2.39. The fourth-order valence-corrected chi connectivity index (χ4v) is 3.76. The molecule has 0 bridgehead atoms. The molecule has 2 aromatic carbocycles. The average Bonchev–Trinajstić information content (AvgIpc) is 3.21. The molecular formula is C23H26N4O2. The molecule has 3 aromatic rings. The highest BCUT2D eigenvalue weighted by Gasteiger charge is 2.28. The van der Waals surface area contributed by atoms with Crippen molar-refractivity contribution in [2.24, 2.45) is 7.05 Å². The summed E-state index contributed by atoms with van der Waals surface area (Å²) in [6.45, 7) is 3.57. The smallest absolute Gasteiger partial charge is 0.272 e. The summed E-state index contributed by atoms with van der Waals surface area (Å²) in [4.78, 5) is 17.1. The molecule has 1 fully saturated rings. The third-order valence-corrected chi connectivity index (χ3v) is 5.42. The molecule has 0 saturated carbocycles. The second kappa shape index (κ2) is 8.92. The Morgan fingerprint density at radius 2 is 1.62 bits per heavy atom. The van der Waals surface area contributed by atoms with Crippen LogP contribution in [0.15, 0.2) is 72.9 Å². The van der Waals surface area contributed by atoms with E-state index in [1.54, 1.807) is 24.0 Å². The number of hydrogen-bond donors (Lipinski definition) is 0. The van der Waals surface area contributed by atoms with Gasteiger partial charge < -0.3 is 9.64 Å². The van der Waals surface area contributed by atoms with Gasteiger partial charge in [-0.1, -0.05) is 48.5 Å². The van der Waals surface area contributed by atoms with Crippen molar-refractivity contribution in [2.45, 2.75) is 6.04 Å². The molecule has 0 spiro atoms. The molecule has 1 aliphatic heterocycles. The van der Waals surface area contributed by atoms with Crippen LogP contribution in [-0.2, 0) is 7.05 Å². The summed E-state index contributed by atoms with van der Waals surface area (Å²) in [6, 6.07) is 22.3. The van der Waals surface area contributed by atoms with Crippen LogP contribution in [0.25, 0.3) is 0 Å². The van der Waals surface area contributed by atoms with Gasteiger partial charge in [-0.25, -0.2) is 0 Å². The first-order valence-electron chi connectivity index (χ1n) is 9.96. The Balaban J connectivity index is 1.43. The first-order valence-corrected chi connectivity index (χ1v) is 9.96. The van der Waals surface area contributed by atoms with Crippen molar-refractivity contribution in [3.63, 3.8) is 0 Å². The van der Waals surface area contributed by atoms with Crippen LogP contribution < -0.4 is 4.74 Å². The summed E-state index contributed by atoms with van der Waals surface area (Å²) in [6.07, 6.45) is 1.66. The fraction of sp³-hybridized carbons (Fsp3) is 0.304. The molecule has 6 heteroatoms. The van der Waals surface area contributed by atoms with Crippen LogP contribution >= 0.6 is 0 Å². The normalized spacial score (nSPS) is 15.8. The van der Waals surface area contributed by atoms with Gasteiger partial charge in [0.05, 0.1) is 6.04 Å². The van der Waals surface area contributed by atoms with Crippen molar-refractivity contribution in [3.05, 3.63) is 84.2 Å². The molecular weight excluding hydrogens is 364 g/mol. The minimum absolute atomic E-state index is 0.0430. The first kappa shape index (κ1) is 19.2. The molecule has 1 aromatic heterocycles. The average molecular weight is 390 g/mol. The third kappa shape index (κ3) is 4.49. The van der Waals surface area contributed by atoms with Crippen molar-refractivity contribution in [1.82, 2.24) is 19.6 Å². The minimum Gasteiger partial charge on any atom is -0.492 e. The number of amides is 1. The summed E-state index contributed by atoms with van der Waals surface area (Å²) in [7, 11) is 1.80. The van der Waals surface area contributed by atoms with Gasteiger partial charge in [-0.15, -0.1) is 0 Å². The maximum absolute atomic E-state index is 12.8. The van der Waals surface area contributed by atoms with Crippen molar-refractivity contribution < 1.29 is 9.53 Å². The predicted octanol–water partition coefficient (Wildman–Crippen LogP) is 3.00. The van der Waals surface area contributed by atoms with Gasteiger partial charge in [0.2, 0.25) is 0 Å². The molecule has 4 rings (SSSR count). The third-order valence-electron chi connectivity index (χ3n) is 5.42. The summed E-state index contributed by atoms with van der Waals surface area (Å²) < 4.78 is 7.73. The monoisotopic (exact) mass is 390 g/mol. The second-order valence-corrected chi connectivity index (χ2v) is 7.22. The standard InChI is InChI=1S/C23H26N4O2/c1-25-21(12-13-24-25)23(28)27-16-14-26(15-17-27)22(19-8-4-2-5-9-19)18-29-20-10-6-3-7-11-20/h2-13,22H,14-18H2,1H3. The lowest BCUT2D eigenvalue weighted by Crippen LogP contribution is -2.50. The Kier molecular flexibility index (Phi) is 5.91. The highest BCUT2D eigenvalue weighted by molar-refractivity contribution is 5.92. The van der Waals surface area contributed by atoms with Gasteiger partial charge in [0.1, 0.15) is 18.1 Å². The van der Waals surface area contributed by atoms with Crippen molar-refractivity contribution >= 4 is 5.91 Å². The zero-order chi connectivity index (χ0) is 20.1. The van der Waals surface area contributed by atoms with Crippen LogP contribution in [0.5, 0.6) is 5.75 Å². The predicted molar refractivity (Wildman–Crippen MR) is 112 cm³/mol. The van der Waals surface area contributed by atoms with E-state index < -0.39 is 0 Å². The zero-order valence-electron chi connectivity index (χ0n) is 16.6. The molecule has 1 aliphatic rings. The summed E-state index contributed by atoms with van der Waals surface area (Å²) in [5, 5.41) is 4.11. The maximum Gasteiger partial charge on any atom is 0.272 e. The van der Waals surface area contributed by atoms with Gasteiger partial charge in [0, 0.05) is 39.4 Å². The number of ether oxygens (including phenoxy) is 1. The number of aryl methyl sites for hydroxylation is 1. The molecule has 0 radical (unpaired) electrons. The van der Waals surface area contributed by atoms with Crippen LogP contribution in [0.3, 0.4) is 0 Å². The minimum atomic E-state index is 0.0430. The number of hydrogen-bond acceptors (Lipinski definition) is 4. The summed E-state index contributed by atoms with van der Waals surface area (Å²) >= 11 is 0. The summed E-state index contributed by atoms with van der Waals surface area (Å²) in [5.41, 5.74) is 1.86. The number of nitrogens with zero attached hydrogens (tertiary/aromatic N) is 4. The molecule has 0 N–H and O–H groups in total. The highest BCUT2D eigenvalue weighted by atomic mass is 16.5. The molecule has 1 amide bonds. The molecule has 0 aliphatic carbocycles. The van der Waals surface area contributed by atoms with E-state index in [1.807, 2.05) is 41.3 Å². The van der Waals surface area contributed by atoms with Gasteiger partial charge >= 0.3 is 0 Å². The van der Waals surface area contributed by atoms with Crippen LogP contribution in [-0.4, -0.2) is 58.3 Å². The lowest BCUT2D eigenvalue weighted by atomic mass is 10.0. The van der Waals surface area contributed by atoms with E-state index in [9.17, 15) is 4.79 Å². The molecule has 29 heavy (non-hydrogen) atoms. The van der Waals surface area contributed by atoms with Gasteiger partial charge in [0.25, 0.3) is 5.91 Å². The number of carbonyl (C=O) groups excluding carboxylic acids is 1. The van der Waals surface area contributed by atoms with E-state index in [-0.39, 0.29) is 11.9 Å². The van der Waals surface area contributed by atoms with E-state index in [0.29, 0.717) is 25.4 Å². The largest absolute Gasteiger partial charge is 0.492 e. The Bertz CT molecular complexity index is 918. The van der Waals surface area contributed by atoms with Crippen LogP contribution in [0, 0.1) is 0 Å².